The van der Waals surface area contributed by atoms with Gasteiger partial charge in [0, 0.05) is 29.5 Å². The summed E-state index contributed by atoms with van der Waals surface area (Å²) in [4.78, 5) is 29.5. The van der Waals surface area contributed by atoms with E-state index in [1.54, 1.807) is 0 Å². The van der Waals surface area contributed by atoms with Crippen LogP contribution in [0.15, 0.2) is 88.9 Å². The SMILES string of the molecule is O=C(O)c1cc(Cl)c(-n2cc(/C(=N/OCc3ccccc3)c3ccc(F)cc3F)ccc2=O)c(Cl)c1. The average molecular weight is 529 g/mol. The number of pyridine rings is 1. The van der Waals surface area contributed by atoms with E-state index in [0.717, 1.165) is 28.3 Å². The van der Waals surface area contributed by atoms with Crippen molar-refractivity contribution in [2.24, 2.45) is 5.16 Å². The summed E-state index contributed by atoms with van der Waals surface area (Å²) in [5.74, 6) is -2.91. The maximum Gasteiger partial charge on any atom is 0.335 e. The lowest BCUT2D eigenvalue weighted by molar-refractivity contribution is 0.0697. The molecule has 0 atom stereocenters. The van der Waals surface area contributed by atoms with Gasteiger partial charge in [-0.3, -0.25) is 9.36 Å². The number of rotatable bonds is 7. The molecule has 3 aromatic carbocycles. The Morgan fingerprint density at radius 1 is 0.944 bits per heavy atom. The standard InChI is InChI=1S/C26H16Cl2F2N2O4/c27-20-10-17(26(34)35)11-21(28)25(20)32-13-16(6-9-23(32)33)24(19-8-7-18(29)12-22(19)30)31-36-14-15-4-2-1-3-5-15/h1-13H,14H2,(H,34,35)/b31-24-. The van der Waals surface area contributed by atoms with Crippen LogP contribution in [0.5, 0.6) is 0 Å². The van der Waals surface area contributed by atoms with Gasteiger partial charge in [0.25, 0.3) is 5.56 Å². The largest absolute Gasteiger partial charge is 0.478 e. The predicted molar refractivity (Wildman–Crippen MR) is 132 cm³/mol. The molecule has 4 rings (SSSR count). The van der Waals surface area contributed by atoms with Crippen molar-refractivity contribution in [2.45, 2.75) is 6.61 Å². The summed E-state index contributed by atoms with van der Waals surface area (Å²) < 4.78 is 29.4. The first-order valence-corrected chi connectivity index (χ1v) is 11.2. The van der Waals surface area contributed by atoms with Gasteiger partial charge in [-0.2, -0.15) is 0 Å². The lowest BCUT2D eigenvalue weighted by atomic mass is 10.0. The molecule has 0 saturated heterocycles. The van der Waals surface area contributed by atoms with Crippen LogP contribution in [0.4, 0.5) is 8.78 Å². The third-order valence-electron chi connectivity index (χ3n) is 5.11. The van der Waals surface area contributed by atoms with Gasteiger partial charge >= 0.3 is 5.97 Å². The lowest BCUT2D eigenvalue weighted by Gasteiger charge is -2.14. The minimum atomic E-state index is -1.25. The van der Waals surface area contributed by atoms with Gasteiger partial charge in [0.2, 0.25) is 0 Å². The smallest absolute Gasteiger partial charge is 0.335 e. The summed E-state index contributed by atoms with van der Waals surface area (Å²) in [7, 11) is 0. The number of hydrogen-bond acceptors (Lipinski definition) is 4. The molecule has 182 valence electrons. The molecule has 1 aromatic heterocycles. The second-order valence-electron chi connectivity index (χ2n) is 7.54. The minimum Gasteiger partial charge on any atom is -0.478 e. The second kappa shape index (κ2) is 10.7. The van der Waals surface area contributed by atoms with Crippen LogP contribution in [0.25, 0.3) is 5.69 Å². The average Bonchev–Trinajstić information content (AvgIpc) is 2.84. The van der Waals surface area contributed by atoms with Crippen molar-refractivity contribution in [3.8, 4) is 5.69 Å². The summed E-state index contributed by atoms with van der Waals surface area (Å²) in [5.41, 5.74) is 0.251. The van der Waals surface area contributed by atoms with Crippen LogP contribution in [-0.4, -0.2) is 21.4 Å². The van der Waals surface area contributed by atoms with Crippen molar-refractivity contribution in [1.82, 2.24) is 4.57 Å². The Bertz CT molecular complexity index is 1520. The highest BCUT2D eigenvalue weighted by Crippen LogP contribution is 2.30. The van der Waals surface area contributed by atoms with E-state index in [2.05, 4.69) is 5.16 Å². The van der Waals surface area contributed by atoms with Crippen molar-refractivity contribution in [3.05, 3.63) is 133 Å². The van der Waals surface area contributed by atoms with Gasteiger partial charge in [-0.1, -0.05) is 58.7 Å². The van der Waals surface area contributed by atoms with Crippen molar-refractivity contribution in [1.29, 1.82) is 0 Å². The van der Waals surface area contributed by atoms with E-state index >= 15 is 0 Å². The second-order valence-corrected chi connectivity index (χ2v) is 8.36. The molecule has 0 bridgehead atoms. The number of halogens is 4. The number of nitrogens with zero attached hydrogens (tertiary/aromatic N) is 2. The van der Waals surface area contributed by atoms with E-state index in [4.69, 9.17) is 28.0 Å². The van der Waals surface area contributed by atoms with Crippen LogP contribution in [0.1, 0.15) is 27.0 Å². The summed E-state index contributed by atoms with van der Waals surface area (Å²) in [5, 5.41) is 13.1. The first-order chi connectivity index (χ1) is 17.2. The summed E-state index contributed by atoms with van der Waals surface area (Å²) >= 11 is 12.5. The monoisotopic (exact) mass is 528 g/mol. The molecule has 0 aliphatic heterocycles. The van der Waals surface area contributed by atoms with Crippen LogP contribution in [0, 0.1) is 11.6 Å². The summed E-state index contributed by atoms with van der Waals surface area (Å²) in [6.07, 6.45) is 1.31. The molecule has 6 nitrogen and oxygen atoms in total. The highest BCUT2D eigenvalue weighted by Gasteiger charge is 2.19. The van der Waals surface area contributed by atoms with E-state index in [1.807, 2.05) is 30.3 Å². The fraction of sp³-hybridized carbons (Fsp3) is 0.0385. The van der Waals surface area contributed by atoms with E-state index in [1.165, 1.54) is 24.4 Å². The fourth-order valence-corrected chi connectivity index (χ4v) is 4.07. The molecule has 4 aromatic rings. The molecule has 0 spiro atoms. The Labute approximate surface area is 213 Å². The van der Waals surface area contributed by atoms with Crippen LogP contribution < -0.4 is 5.56 Å². The van der Waals surface area contributed by atoms with Gasteiger partial charge in [0.05, 0.1) is 21.3 Å². The molecular formula is C26H16Cl2F2N2O4. The summed E-state index contributed by atoms with van der Waals surface area (Å²) in [6, 6.07) is 17.0. The van der Waals surface area contributed by atoms with Gasteiger partial charge in [0.15, 0.2) is 0 Å². The zero-order valence-electron chi connectivity index (χ0n) is 18.3. The van der Waals surface area contributed by atoms with Crippen LogP contribution in [-0.2, 0) is 11.4 Å². The highest BCUT2D eigenvalue weighted by atomic mass is 35.5. The van der Waals surface area contributed by atoms with E-state index in [9.17, 15) is 23.5 Å². The van der Waals surface area contributed by atoms with E-state index < -0.39 is 23.2 Å². The Balaban J connectivity index is 1.83. The maximum absolute atomic E-state index is 14.7. The van der Waals surface area contributed by atoms with Crippen molar-refractivity contribution in [3.63, 3.8) is 0 Å². The summed E-state index contributed by atoms with van der Waals surface area (Å²) in [6.45, 7) is 0.0705. The van der Waals surface area contributed by atoms with E-state index in [0.29, 0.717) is 6.07 Å². The normalized spacial score (nSPS) is 11.4. The third-order valence-corrected chi connectivity index (χ3v) is 5.68. The molecule has 1 N–H and O–H groups in total. The van der Waals surface area contributed by atoms with Gasteiger partial charge in [-0.15, -0.1) is 0 Å². The number of hydrogen-bond donors (Lipinski definition) is 1. The van der Waals surface area contributed by atoms with Gasteiger partial charge < -0.3 is 9.94 Å². The molecule has 1 heterocycles. The first kappa shape index (κ1) is 25.1. The first-order valence-electron chi connectivity index (χ1n) is 10.4. The van der Waals surface area contributed by atoms with Crippen LogP contribution in [0.2, 0.25) is 10.0 Å². The van der Waals surface area contributed by atoms with Gasteiger partial charge in [-0.05, 0) is 35.9 Å². The van der Waals surface area contributed by atoms with Gasteiger partial charge in [-0.25, -0.2) is 13.6 Å². The number of carboxylic acid groups (broad SMARTS) is 1. The fourth-order valence-electron chi connectivity index (χ4n) is 3.41. The zero-order chi connectivity index (χ0) is 25.8. The minimum absolute atomic E-state index is 0.0217. The molecule has 0 fully saturated rings. The molecule has 0 radical (unpaired) electrons. The molecule has 0 amide bonds. The van der Waals surface area contributed by atoms with Crippen molar-refractivity contribution >= 4 is 34.9 Å². The number of aromatic nitrogens is 1. The Morgan fingerprint density at radius 3 is 2.28 bits per heavy atom. The molecule has 0 saturated carbocycles. The quantitative estimate of drug-likeness (QED) is 0.232. The number of carboxylic acids is 1. The molecule has 36 heavy (non-hydrogen) atoms. The number of aromatic carboxylic acids is 1. The molecular weight excluding hydrogens is 513 g/mol. The molecule has 0 aliphatic rings. The Morgan fingerprint density at radius 2 is 1.64 bits per heavy atom. The highest BCUT2D eigenvalue weighted by molar-refractivity contribution is 6.38. The van der Waals surface area contributed by atoms with Crippen LogP contribution >= 0.6 is 23.2 Å². The Hall–Kier alpha value is -4.01. The van der Waals surface area contributed by atoms with Gasteiger partial charge in [0.1, 0.15) is 24.0 Å². The number of benzene rings is 3. The van der Waals surface area contributed by atoms with E-state index in [-0.39, 0.29) is 44.7 Å². The predicted octanol–water partition coefficient (Wildman–Crippen LogP) is 6.09. The van der Waals surface area contributed by atoms with Crippen molar-refractivity contribution in [2.75, 3.05) is 0 Å². The molecule has 0 unspecified atom stereocenters. The van der Waals surface area contributed by atoms with Crippen LogP contribution in [0.3, 0.4) is 0 Å². The Kier molecular flexibility index (Phi) is 7.47. The van der Waals surface area contributed by atoms with Crippen molar-refractivity contribution < 1.29 is 23.5 Å². The molecule has 0 aliphatic carbocycles. The maximum atomic E-state index is 14.7. The molecule has 10 heteroatoms. The number of carbonyl (C=O) groups is 1. The lowest BCUT2D eigenvalue weighted by Crippen LogP contribution is -2.20. The zero-order valence-corrected chi connectivity index (χ0v) is 19.8. The third kappa shape index (κ3) is 5.45. The number of oxime groups is 1. The topological polar surface area (TPSA) is 80.9 Å².